The van der Waals surface area contributed by atoms with Gasteiger partial charge in [-0.15, -0.1) is 31.7 Å². The van der Waals surface area contributed by atoms with E-state index >= 15 is 0 Å². The van der Waals surface area contributed by atoms with E-state index in [4.69, 9.17) is 0 Å². The summed E-state index contributed by atoms with van der Waals surface area (Å²) < 4.78 is 1.80. The van der Waals surface area contributed by atoms with Crippen LogP contribution in [0.4, 0.5) is 0 Å². The number of rotatable bonds is 1. The zero-order chi connectivity index (χ0) is 14.5. The molecule has 0 saturated heterocycles. The molecule has 0 N–H and O–H groups in total. The van der Waals surface area contributed by atoms with Crippen LogP contribution < -0.4 is 0 Å². The SMILES string of the molecule is CC1=[C-]C(C2=CC=CC2)C(C)=C1C.Cl.Cl.[Zr]=[C]1CCCCC1. The first-order valence-electron chi connectivity index (χ1n) is 7.79. The van der Waals surface area contributed by atoms with Crippen LogP contribution in [0.15, 0.2) is 40.5 Å². The van der Waals surface area contributed by atoms with E-state index in [-0.39, 0.29) is 24.8 Å². The van der Waals surface area contributed by atoms with E-state index in [2.05, 4.69) is 45.1 Å². The van der Waals surface area contributed by atoms with Gasteiger partial charge >= 0.3 is 59.5 Å². The van der Waals surface area contributed by atoms with Crippen LogP contribution in [0.1, 0.15) is 59.3 Å². The van der Waals surface area contributed by atoms with Crippen molar-refractivity contribution in [2.75, 3.05) is 0 Å². The van der Waals surface area contributed by atoms with Crippen molar-refractivity contribution in [3.8, 4) is 0 Å². The van der Waals surface area contributed by atoms with Gasteiger partial charge in [-0.05, 0) is 6.42 Å². The average Bonchev–Trinajstić information content (AvgIpc) is 3.05. The molecule has 0 heterocycles. The van der Waals surface area contributed by atoms with Gasteiger partial charge in [0.15, 0.2) is 0 Å². The Labute approximate surface area is 163 Å². The first-order valence-corrected chi connectivity index (χ1v) is 9.02. The van der Waals surface area contributed by atoms with Gasteiger partial charge in [-0.25, -0.2) is 5.57 Å². The molecule has 0 spiro atoms. The molecule has 0 nitrogen and oxygen atoms in total. The summed E-state index contributed by atoms with van der Waals surface area (Å²) in [6.07, 6.45) is 18.5. The van der Waals surface area contributed by atoms with Gasteiger partial charge in [0.25, 0.3) is 0 Å². The van der Waals surface area contributed by atoms with E-state index < -0.39 is 0 Å². The molecule has 3 heteroatoms. The van der Waals surface area contributed by atoms with E-state index in [1.54, 1.807) is 27.4 Å². The zero-order valence-corrected chi connectivity index (χ0v) is 18.0. The molecule has 0 amide bonds. The van der Waals surface area contributed by atoms with E-state index in [0.29, 0.717) is 5.92 Å². The third-order valence-corrected chi connectivity index (χ3v) is 5.80. The Morgan fingerprint density at radius 1 is 1.05 bits per heavy atom. The first-order chi connectivity index (χ1) is 9.59. The minimum atomic E-state index is 0. The maximum absolute atomic E-state index is 3.53. The van der Waals surface area contributed by atoms with Crippen LogP contribution in [0.3, 0.4) is 0 Å². The topological polar surface area (TPSA) is 0 Å². The quantitative estimate of drug-likeness (QED) is 0.452. The third-order valence-electron chi connectivity index (χ3n) is 4.58. The molecular weight excluding hydrogens is 390 g/mol. The second-order valence-electron chi connectivity index (χ2n) is 6.05. The van der Waals surface area contributed by atoms with Crippen LogP contribution in [-0.2, 0) is 24.2 Å². The van der Waals surface area contributed by atoms with Crippen LogP contribution in [0.2, 0.25) is 0 Å². The average molecular weight is 418 g/mol. The van der Waals surface area contributed by atoms with Gasteiger partial charge in [0.05, 0.1) is 0 Å². The van der Waals surface area contributed by atoms with Crippen LogP contribution in [0.5, 0.6) is 0 Å². The monoisotopic (exact) mass is 415 g/mol. The molecule has 0 aliphatic heterocycles. The molecule has 0 aromatic carbocycles. The van der Waals surface area contributed by atoms with Crippen molar-refractivity contribution in [3.05, 3.63) is 46.6 Å². The van der Waals surface area contributed by atoms with Crippen LogP contribution >= 0.6 is 24.8 Å². The van der Waals surface area contributed by atoms with Crippen molar-refractivity contribution in [2.24, 2.45) is 5.92 Å². The fraction of sp³-hybridized carbons (Fsp3) is 0.526. The zero-order valence-electron chi connectivity index (χ0n) is 13.9. The molecule has 0 bridgehead atoms. The second-order valence-corrected chi connectivity index (χ2v) is 7.79. The fourth-order valence-electron chi connectivity index (χ4n) is 2.97. The fourth-order valence-corrected chi connectivity index (χ4v) is 3.84. The summed E-state index contributed by atoms with van der Waals surface area (Å²) in [6.45, 7) is 6.57. The Morgan fingerprint density at radius 3 is 2.05 bits per heavy atom. The summed E-state index contributed by atoms with van der Waals surface area (Å²) in [7, 11) is 0. The summed E-state index contributed by atoms with van der Waals surface area (Å²) in [6, 6.07) is 0. The van der Waals surface area contributed by atoms with E-state index in [9.17, 15) is 0 Å². The Hall–Kier alpha value is 0.293. The predicted molar refractivity (Wildman–Crippen MR) is 98.7 cm³/mol. The summed E-state index contributed by atoms with van der Waals surface area (Å²) in [5, 5.41) is 0. The molecule has 3 aliphatic rings. The standard InChI is InChI=1S/C13H15.C6H10.2ClH.Zr/c1-9-8-13(11(3)10(9)2)12-6-4-5-7-12;1-2-4-6-5-3-1;;;/h4-6,13H,7H2,1-3H3;1-5H2;2*1H;/q-1;;;;. The van der Waals surface area contributed by atoms with Gasteiger partial charge in [0, 0.05) is 0 Å². The molecule has 1 atom stereocenters. The normalized spacial score (nSPS) is 23.0. The molecular formula is C19H27Cl2Zr-. The molecule has 1 fully saturated rings. The van der Waals surface area contributed by atoms with E-state index in [0.717, 1.165) is 6.42 Å². The first kappa shape index (κ1) is 22.3. The molecule has 0 radical (unpaired) electrons. The number of halogens is 2. The van der Waals surface area contributed by atoms with Gasteiger partial charge in [-0.2, -0.15) is 11.1 Å². The molecule has 22 heavy (non-hydrogen) atoms. The third kappa shape index (κ3) is 6.06. The number of hydrogen-bond donors (Lipinski definition) is 0. The van der Waals surface area contributed by atoms with Crippen molar-refractivity contribution in [1.29, 1.82) is 0 Å². The molecule has 0 aromatic rings. The molecule has 1 unspecified atom stereocenters. The molecule has 0 aromatic heterocycles. The van der Waals surface area contributed by atoms with Crippen LogP contribution in [-0.4, -0.2) is 3.21 Å². The van der Waals surface area contributed by atoms with Gasteiger partial charge < -0.3 is 0 Å². The van der Waals surface area contributed by atoms with Gasteiger partial charge in [-0.1, -0.05) is 43.6 Å². The van der Waals surface area contributed by atoms with Gasteiger partial charge in [0.2, 0.25) is 0 Å². The van der Waals surface area contributed by atoms with Crippen molar-refractivity contribution in [3.63, 3.8) is 0 Å². The maximum atomic E-state index is 3.53. The van der Waals surface area contributed by atoms with E-state index in [1.807, 2.05) is 0 Å². The van der Waals surface area contributed by atoms with Gasteiger partial charge in [0.1, 0.15) is 0 Å². The van der Waals surface area contributed by atoms with Crippen molar-refractivity contribution < 1.29 is 24.2 Å². The second kappa shape index (κ2) is 11.0. The van der Waals surface area contributed by atoms with Crippen molar-refractivity contribution in [1.82, 2.24) is 0 Å². The predicted octanol–water partition coefficient (Wildman–Crippen LogP) is 6.10. The molecule has 3 rings (SSSR count). The minimum absolute atomic E-state index is 0. The Bertz CT molecular complexity index is 502. The number of allylic oxidation sites excluding steroid dienone is 8. The molecule has 1 saturated carbocycles. The Morgan fingerprint density at radius 2 is 1.68 bits per heavy atom. The summed E-state index contributed by atoms with van der Waals surface area (Å²) in [5.74, 6) is 0.468. The number of hydrogen-bond acceptors (Lipinski definition) is 0. The van der Waals surface area contributed by atoms with Crippen LogP contribution in [0.25, 0.3) is 0 Å². The summed E-state index contributed by atoms with van der Waals surface area (Å²) >= 11 is 1.69. The molecule has 122 valence electrons. The van der Waals surface area contributed by atoms with Crippen LogP contribution in [0, 0.1) is 12.0 Å². The van der Waals surface area contributed by atoms with Crippen molar-refractivity contribution in [2.45, 2.75) is 59.3 Å². The Balaban J connectivity index is 0.000000425. The summed E-state index contributed by atoms with van der Waals surface area (Å²) in [5.41, 5.74) is 5.73. The summed E-state index contributed by atoms with van der Waals surface area (Å²) in [4.78, 5) is 0. The van der Waals surface area contributed by atoms with E-state index in [1.165, 1.54) is 54.4 Å². The van der Waals surface area contributed by atoms with Gasteiger partial charge in [-0.3, -0.25) is 6.08 Å². The Kier molecular flexibility index (Phi) is 11.1. The van der Waals surface area contributed by atoms with Crippen molar-refractivity contribution >= 4 is 28.0 Å². The molecule has 3 aliphatic carbocycles.